The third-order valence-corrected chi connectivity index (χ3v) is 4.38. The number of nitrogens with zero attached hydrogens (tertiary/aromatic N) is 2. The average molecular weight is 407 g/mol. The lowest BCUT2D eigenvalue weighted by Crippen LogP contribution is -2.23. The molecule has 1 heterocycles. The Hall–Kier alpha value is -3.65. The summed E-state index contributed by atoms with van der Waals surface area (Å²) < 4.78 is 6.52. The SMILES string of the molecule is CNCCCOC(=O)Nc1cccc(Cn2nc(-c3ccc(N)cc3)ccc2=O)c1. The molecule has 0 atom stereocenters. The van der Waals surface area contributed by atoms with Gasteiger partial charge in [0, 0.05) is 23.0 Å². The molecule has 8 heteroatoms. The number of hydrogen-bond donors (Lipinski definition) is 3. The molecule has 3 rings (SSSR count). The minimum atomic E-state index is -0.510. The zero-order valence-electron chi connectivity index (χ0n) is 16.8. The van der Waals surface area contributed by atoms with Crippen LogP contribution in [0.1, 0.15) is 12.0 Å². The van der Waals surface area contributed by atoms with Gasteiger partial charge in [-0.1, -0.05) is 24.3 Å². The van der Waals surface area contributed by atoms with Crippen LogP contribution in [0.5, 0.6) is 0 Å². The normalized spacial score (nSPS) is 10.6. The van der Waals surface area contributed by atoms with Gasteiger partial charge in [0.15, 0.2) is 0 Å². The molecule has 0 saturated carbocycles. The van der Waals surface area contributed by atoms with E-state index in [1.54, 1.807) is 36.4 Å². The molecule has 0 unspecified atom stereocenters. The zero-order chi connectivity index (χ0) is 21.3. The number of carbonyl (C=O) groups excluding carboxylic acids is 1. The van der Waals surface area contributed by atoms with E-state index in [1.807, 2.05) is 25.2 Å². The summed E-state index contributed by atoms with van der Waals surface area (Å²) in [6.07, 6.45) is 0.229. The Morgan fingerprint density at radius 1 is 1.13 bits per heavy atom. The maximum absolute atomic E-state index is 12.3. The molecule has 4 N–H and O–H groups in total. The van der Waals surface area contributed by atoms with Crippen LogP contribution < -0.4 is 21.9 Å². The molecule has 30 heavy (non-hydrogen) atoms. The number of benzene rings is 2. The fraction of sp³-hybridized carbons (Fsp3) is 0.227. The fourth-order valence-corrected chi connectivity index (χ4v) is 2.86. The topological polar surface area (TPSA) is 111 Å². The van der Waals surface area contributed by atoms with Crippen LogP contribution in [0.3, 0.4) is 0 Å². The van der Waals surface area contributed by atoms with Gasteiger partial charge in [-0.3, -0.25) is 10.1 Å². The molecular weight excluding hydrogens is 382 g/mol. The maximum atomic E-state index is 12.3. The van der Waals surface area contributed by atoms with Crippen molar-refractivity contribution in [3.63, 3.8) is 0 Å². The van der Waals surface area contributed by atoms with E-state index in [4.69, 9.17) is 10.5 Å². The van der Waals surface area contributed by atoms with Crippen LogP contribution in [0, 0.1) is 0 Å². The molecule has 156 valence electrons. The molecule has 1 aromatic heterocycles. The highest BCUT2D eigenvalue weighted by molar-refractivity contribution is 5.84. The lowest BCUT2D eigenvalue weighted by atomic mass is 10.1. The number of ether oxygens (including phenoxy) is 1. The maximum Gasteiger partial charge on any atom is 0.411 e. The summed E-state index contributed by atoms with van der Waals surface area (Å²) >= 11 is 0. The van der Waals surface area contributed by atoms with Gasteiger partial charge in [0.1, 0.15) is 0 Å². The Morgan fingerprint density at radius 3 is 2.70 bits per heavy atom. The Balaban J connectivity index is 1.70. The van der Waals surface area contributed by atoms with Gasteiger partial charge >= 0.3 is 6.09 Å². The summed E-state index contributed by atoms with van der Waals surface area (Å²) in [6.45, 7) is 1.39. The van der Waals surface area contributed by atoms with Gasteiger partial charge in [-0.25, -0.2) is 9.48 Å². The highest BCUT2D eigenvalue weighted by atomic mass is 16.5. The second-order valence-electron chi connectivity index (χ2n) is 6.75. The van der Waals surface area contributed by atoms with Crippen LogP contribution in [0.2, 0.25) is 0 Å². The van der Waals surface area contributed by atoms with E-state index in [0.717, 1.165) is 24.1 Å². The Morgan fingerprint density at radius 2 is 1.93 bits per heavy atom. The molecule has 0 radical (unpaired) electrons. The molecule has 0 bridgehead atoms. The molecule has 8 nitrogen and oxygen atoms in total. The van der Waals surface area contributed by atoms with Crippen molar-refractivity contribution < 1.29 is 9.53 Å². The van der Waals surface area contributed by atoms with Gasteiger partial charge in [0.2, 0.25) is 0 Å². The van der Waals surface area contributed by atoms with Crippen LogP contribution in [0.25, 0.3) is 11.3 Å². The van der Waals surface area contributed by atoms with E-state index in [1.165, 1.54) is 10.7 Å². The van der Waals surface area contributed by atoms with Crippen LogP contribution in [0.4, 0.5) is 16.2 Å². The number of nitrogens with two attached hydrogens (primary N) is 1. The quantitative estimate of drug-likeness (QED) is 0.391. The van der Waals surface area contributed by atoms with Gasteiger partial charge in [-0.15, -0.1) is 0 Å². The van der Waals surface area contributed by atoms with Crippen LogP contribution in [-0.4, -0.2) is 36.1 Å². The van der Waals surface area contributed by atoms with E-state index < -0.39 is 6.09 Å². The number of aromatic nitrogens is 2. The van der Waals surface area contributed by atoms with Crippen molar-refractivity contribution in [2.24, 2.45) is 0 Å². The fourth-order valence-electron chi connectivity index (χ4n) is 2.86. The lowest BCUT2D eigenvalue weighted by molar-refractivity contribution is 0.160. The predicted molar refractivity (Wildman–Crippen MR) is 117 cm³/mol. The Bertz CT molecular complexity index is 1050. The molecule has 0 fully saturated rings. The summed E-state index contributed by atoms with van der Waals surface area (Å²) in [5.74, 6) is 0. The van der Waals surface area contributed by atoms with Crippen molar-refractivity contribution in [3.05, 3.63) is 76.6 Å². The number of rotatable bonds is 8. The molecular formula is C22H25N5O3. The van der Waals surface area contributed by atoms with Gasteiger partial charge in [-0.05, 0) is 55.9 Å². The first-order valence-corrected chi connectivity index (χ1v) is 9.66. The first kappa shape index (κ1) is 21.1. The number of hydrogen-bond acceptors (Lipinski definition) is 6. The standard InChI is InChI=1S/C22H25N5O3/c1-24-12-3-13-30-22(29)25-19-5-2-4-16(14-19)15-27-21(28)11-10-20(26-27)17-6-8-18(23)9-7-17/h2,4-11,14,24H,3,12-13,15,23H2,1H3,(H,25,29). The van der Waals surface area contributed by atoms with E-state index >= 15 is 0 Å². The molecule has 0 saturated heterocycles. The lowest BCUT2D eigenvalue weighted by Gasteiger charge is -2.10. The van der Waals surface area contributed by atoms with Crippen molar-refractivity contribution in [1.29, 1.82) is 0 Å². The summed E-state index contributed by atoms with van der Waals surface area (Å²) in [6, 6.07) is 17.7. The highest BCUT2D eigenvalue weighted by Gasteiger charge is 2.07. The Labute approximate surface area is 174 Å². The first-order chi connectivity index (χ1) is 14.5. The van der Waals surface area contributed by atoms with Crippen LogP contribution in [-0.2, 0) is 11.3 Å². The monoisotopic (exact) mass is 407 g/mol. The van der Waals surface area contributed by atoms with Crippen molar-refractivity contribution in [2.75, 3.05) is 31.2 Å². The van der Waals surface area contributed by atoms with E-state index in [2.05, 4.69) is 15.7 Å². The molecule has 3 aromatic rings. The number of nitrogens with one attached hydrogen (secondary N) is 2. The van der Waals surface area contributed by atoms with Crippen LogP contribution >= 0.6 is 0 Å². The van der Waals surface area contributed by atoms with Gasteiger partial charge < -0.3 is 15.8 Å². The number of amides is 1. The first-order valence-electron chi connectivity index (χ1n) is 9.66. The van der Waals surface area contributed by atoms with Crippen molar-refractivity contribution in [1.82, 2.24) is 15.1 Å². The molecule has 1 amide bonds. The van der Waals surface area contributed by atoms with E-state index in [0.29, 0.717) is 23.7 Å². The van der Waals surface area contributed by atoms with Crippen molar-refractivity contribution >= 4 is 17.5 Å². The third kappa shape index (κ3) is 5.92. The van der Waals surface area contributed by atoms with Gasteiger partial charge in [0.05, 0.1) is 18.8 Å². The van der Waals surface area contributed by atoms with E-state index in [9.17, 15) is 9.59 Å². The highest BCUT2D eigenvalue weighted by Crippen LogP contribution is 2.17. The average Bonchev–Trinajstić information content (AvgIpc) is 2.74. The van der Waals surface area contributed by atoms with Gasteiger partial charge in [0.25, 0.3) is 5.56 Å². The van der Waals surface area contributed by atoms with Crippen molar-refractivity contribution in [2.45, 2.75) is 13.0 Å². The largest absolute Gasteiger partial charge is 0.449 e. The van der Waals surface area contributed by atoms with Gasteiger partial charge in [-0.2, -0.15) is 5.10 Å². The summed E-state index contributed by atoms with van der Waals surface area (Å²) in [4.78, 5) is 24.2. The van der Waals surface area contributed by atoms with E-state index in [-0.39, 0.29) is 12.1 Å². The minimum absolute atomic E-state index is 0.212. The summed E-state index contributed by atoms with van der Waals surface area (Å²) in [5, 5.41) is 10.2. The number of nitrogen functional groups attached to an aromatic ring is 1. The second-order valence-corrected chi connectivity index (χ2v) is 6.75. The van der Waals surface area contributed by atoms with Crippen LogP contribution in [0.15, 0.2) is 65.5 Å². The molecule has 2 aromatic carbocycles. The molecule has 0 aliphatic heterocycles. The Kier molecular flexibility index (Phi) is 7.18. The van der Waals surface area contributed by atoms with Crippen molar-refractivity contribution in [3.8, 4) is 11.3 Å². The second kappa shape index (κ2) is 10.2. The smallest absolute Gasteiger partial charge is 0.411 e. The predicted octanol–water partition coefficient (Wildman–Crippen LogP) is 2.70. The summed E-state index contributed by atoms with van der Waals surface area (Å²) in [7, 11) is 1.84. The third-order valence-electron chi connectivity index (χ3n) is 4.38. The zero-order valence-corrected chi connectivity index (χ0v) is 16.8. The molecule has 0 spiro atoms. The number of carbonyl (C=O) groups is 1. The number of anilines is 2. The minimum Gasteiger partial charge on any atom is -0.449 e. The summed E-state index contributed by atoms with van der Waals surface area (Å²) in [5.41, 5.74) is 9.15. The molecule has 0 aliphatic rings. The molecule has 0 aliphatic carbocycles.